The van der Waals surface area contributed by atoms with Crippen molar-refractivity contribution >= 4 is 40.1 Å². The minimum atomic E-state index is 0.0518. The first-order chi connectivity index (χ1) is 13.8. The van der Waals surface area contributed by atoms with Gasteiger partial charge in [0.2, 0.25) is 0 Å². The summed E-state index contributed by atoms with van der Waals surface area (Å²) in [7, 11) is 0. The van der Waals surface area contributed by atoms with Crippen LogP contribution >= 0.6 is 23.2 Å². The van der Waals surface area contributed by atoms with Crippen LogP contribution in [-0.4, -0.2) is 19.5 Å². The van der Waals surface area contributed by atoms with Crippen LogP contribution in [0.2, 0.25) is 10.0 Å². The zero-order chi connectivity index (χ0) is 20.6. The van der Waals surface area contributed by atoms with Gasteiger partial charge in [-0.25, -0.2) is 15.0 Å². The maximum Gasteiger partial charge on any atom is 0.181 e. The summed E-state index contributed by atoms with van der Waals surface area (Å²) in [6, 6.07) is 13.7. The molecule has 7 heteroatoms. The molecule has 2 aromatic heterocycles. The molecule has 1 N–H and O–H groups in total. The number of halogens is 2. The Kier molecular flexibility index (Phi) is 5.19. The number of benzene rings is 2. The van der Waals surface area contributed by atoms with Crippen LogP contribution in [0, 0.1) is 0 Å². The molecular weight excluding hydrogens is 405 g/mol. The molecule has 0 radical (unpaired) electrons. The van der Waals surface area contributed by atoms with Gasteiger partial charge in [-0.2, -0.15) is 0 Å². The second-order valence-electron chi connectivity index (χ2n) is 7.91. The Hall–Kier alpha value is -2.63. The number of fused-ring (bicyclic) bond motifs is 1. The standard InChI is InChI=1S/C22H21Cl2N5/c1-22(2,3)14-6-4-7-15(10-14)28-20-19-21(26-12-25-19)29(13-27-20)11-16-17(23)8-5-9-18(16)24/h4-10,12-13H,11H2,1-3H3,(H,25,26). The van der Waals surface area contributed by atoms with Crippen molar-refractivity contribution < 1.29 is 0 Å². The molecule has 0 saturated heterocycles. The molecule has 0 atom stereocenters. The van der Waals surface area contributed by atoms with Crippen LogP contribution in [0.5, 0.6) is 0 Å². The van der Waals surface area contributed by atoms with Crippen molar-refractivity contribution in [3.05, 3.63) is 81.8 Å². The van der Waals surface area contributed by atoms with Crippen LogP contribution in [0.3, 0.4) is 0 Å². The fourth-order valence-electron chi connectivity index (χ4n) is 3.13. The second-order valence-corrected chi connectivity index (χ2v) is 8.72. The van der Waals surface area contributed by atoms with Gasteiger partial charge >= 0.3 is 0 Å². The highest BCUT2D eigenvalue weighted by molar-refractivity contribution is 6.36. The van der Waals surface area contributed by atoms with Crippen molar-refractivity contribution in [2.75, 3.05) is 0 Å². The molecule has 2 heterocycles. The smallest absolute Gasteiger partial charge is 0.181 e. The van der Waals surface area contributed by atoms with E-state index in [4.69, 9.17) is 28.2 Å². The van der Waals surface area contributed by atoms with Crippen LogP contribution in [0.25, 0.3) is 11.2 Å². The third kappa shape index (κ3) is 4.07. The fourth-order valence-corrected chi connectivity index (χ4v) is 3.65. The van der Waals surface area contributed by atoms with Gasteiger partial charge in [-0.05, 0) is 35.2 Å². The van der Waals surface area contributed by atoms with Crippen molar-refractivity contribution in [1.82, 2.24) is 19.5 Å². The Labute approximate surface area is 179 Å². The van der Waals surface area contributed by atoms with Crippen molar-refractivity contribution in [1.29, 1.82) is 0 Å². The number of aromatic nitrogens is 4. The van der Waals surface area contributed by atoms with Gasteiger partial charge in [0.25, 0.3) is 0 Å². The van der Waals surface area contributed by atoms with E-state index in [1.165, 1.54) is 5.56 Å². The molecule has 4 rings (SSSR count). The highest BCUT2D eigenvalue weighted by Crippen LogP contribution is 2.27. The summed E-state index contributed by atoms with van der Waals surface area (Å²) >= 11 is 12.7. The average Bonchev–Trinajstić information content (AvgIpc) is 3.16. The lowest BCUT2D eigenvalue weighted by Gasteiger charge is -2.18. The summed E-state index contributed by atoms with van der Waals surface area (Å²) in [6.45, 7) is 7.01. The first kappa shape index (κ1) is 19.7. The maximum atomic E-state index is 6.33. The first-order valence-electron chi connectivity index (χ1n) is 9.29. The highest BCUT2D eigenvalue weighted by Gasteiger charge is 2.14. The summed E-state index contributed by atoms with van der Waals surface area (Å²) in [5, 5.41) is 1.22. The lowest BCUT2D eigenvalue weighted by molar-refractivity contribution is 0.590. The lowest BCUT2D eigenvalue weighted by atomic mass is 9.87. The Morgan fingerprint density at radius 2 is 1.76 bits per heavy atom. The molecule has 0 fully saturated rings. The minimum absolute atomic E-state index is 0.0518. The van der Waals surface area contributed by atoms with Gasteiger partial charge in [0.05, 0.1) is 24.9 Å². The normalized spacial score (nSPS) is 12.7. The topological polar surface area (TPSA) is 58.9 Å². The van der Waals surface area contributed by atoms with Gasteiger partial charge in [-0.15, -0.1) is 0 Å². The Balaban J connectivity index is 1.79. The maximum absolute atomic E-state index is 6.33. The molecule has 0 aliphatic heterocycles. The summed E-state index contributed by atoms with van der Waals surface area (Å²) in [5.74, 6) is 0. The van der Waals surface area contributed by atoms with Gasteiger partial charge in [-0.1, -0.05) is 62.2 Å². The van der Waals surface area contributed by atoms with Crippen LogP contribution in [0.15, 0.2) is 60.1 Å². The van der Waals surface area contributed by atoms with Gasteiger partial charge in [0.1, 0.15) is 5.52 Å². The molecule has 29 heavy (non-hydrogen) atoms. The number of nitrogens with zero attached hydrogens (tertiary/aromatic N) is 4. The Morgan fingerprint density at radius 3 is 2.48 bits per heavy atom. The molecule has 0 amide bonds. The fraction of sp³-hybridized carbons (Fsp3) is 0.227. The summed E-state index contributed by atoms with van der Waals surface area (Å²) in [5.41, 5.74) is 5.04. The molecule has 5 nitrogen and oxygen atoms in total. The quantitative estimate of drug-likeness (QED) is 0.461. The van der Waals surface area contributed by atoms with E-state index < -0.39 is 0 Å². The lowest BCUT2D eigenvalue weighted by Crippen LogP contribution is -2.15. The van der Waals surface area contributed by atoms with Gasteiger partial charge in [0.15, 0.2) is 11.1 Å². The Bertz CT molecular complexity index is 1230. The Morgan fingerprint density at radius 1 is 1.03 bits per heavy atom. The van der Waals surface area contributed by atoms with Crippen LogP contribution in [-0.2, 0) is 12.0 Å². The third-order valence-electron chi connectivity index (χ3n) is 4.77. The molecule has 0 aliphatic carbocycles. The van der Waals surface area contributed by atoms with E-state index in [0.29, 0.717) is 22.1 Å². The highest BCUT2D eigenvalue weighted by atomic mass is 35.5. The van der Waals surface area contributed by atoms with Crippen molar-refractivity contribution in [3.63, 3.8) is 0 Å². The van der Waals surface area contributed by atoms with E-state index in [9.17, 15) is 0 Å². The zero-order valence-corrected chi connectivity index (χ0v) is 18.0. The number of H-pyrrole nitrogens is 1. The SMILES string of the molecule is CC(C)(C)c1cccc(N=c2ncn(Cc3c(Cl)cccc3Cl)c3nc[nH]c23)c1. The van der Waals surface area contributed by atoms with Gasteiger partial charge in [-0.3, -0.25) is 0 Å². The van der Waals surface area contributed by atoms with E-state index in [1.54, 1.807) is 12.7 Å². The molecule has 0 bridgehead atoms. The van der Waals surface area contributed by atoms with Gasteiger partial charge in [0, 0.05) is 15.6 Å². The first-order valence-corrected chi connectivity index (χ1v) is 10.1. The number of nitrogens with one attached hydrogen (secondary N) is 1. The largest absolute Gasteiger partial charge is 0.340 e. The molecule has 0 spiro atoms. The molecule has 148 valence electrons. The number of aromatic amines is 1. The van der Waals surface area contributed by atoms with Crippen molar-refractivity contribution in [2.45, 2.75) is 32.7 Å². The predicted molar refractivity (Wildman–Crippen MR) is 118 cm³/mol. The number of hydrogen-bond donors (Lipinski definition) is 1. The molecule has 0 saturated carbocycles. The van der Waals surface area contributed by atoms with Crippen LogP contribution in [0.4, 0.5) is 5.69 Å². The van der Waals surface area contributed by atoms with E-state index in [2.05, 4.69) is 47.9 Å². The number of rotatable bonds is 3. The number of hydrogen-bond acceptors (Lipinski definition) is 3. The average molecular weight is 426 g/mol. The summed E-state index contributed by atoms with van der Waals surface area (Å²) in [6.07, 6.45) is 3.36. The van der Waals surface area contributed by atoms with Crippen molar-refractivity contribution in [3.8, 4) is 0 Å². The van der Waals surface area contributed by atoms with E-state index in [1.807, 2.05) is 34.9 Å². The van der Waals surface area contributed by atoms with Crippen LogP contribution in [0.1, 0.15) is 31.9 Å². The molecular formula is C22H21Cl2N5. The van der Waals surface area contributed by atoms with Gasteiger partial charge < -0.3 is 9.55 Å². The van der Waals surface area contributed by atoms with Crippen molar-refractivity contribution in [2.24, 2.45) is 4.99 Å². The predicted octanol–water partition coefficient (Wildman–Crippen LogP) is 5.64. The van der Waals surface area contributed by atoms with E-state index in [-0.39, 0.29) is 5.41 Å². The molecule has 0 aliphatic rings. The van der Waals surface area contributed by atoms with E-state index >= 15 is 0 Å². The van der Waals surface area contributed by atoms with E-state index in [0.717, 1.165) is 22.4 Å². The summed E-state index contributed by atoms with van der Waals surface area (Å²) in [4.78, 5) is 16.9. The number of imidazole rings is 1. The molecule has 2 aromatic carbocycles. The second kappa shape index (κ2) is 7.65. The zero-order valence-electron chi connectivity index (χ0n) is 16.4. The molecule has 4 aromatic rings. The minimum Gasteiger partial charge on any atom is -0.340 e. The third-order valence-corrected chi connectivity index (χ3v) is 5.48. The molecule has 0 unspecified atom stereocenters. The summed E-state index contributed by atoms with van der Waals surface area (Å²) < 4.78 is 1.91. The van der Waals surface area contributed by atoms with Crippen LogP contribution < -0.4 is 5.49 Å². The monoisotopic (exact) mass is 425 g/mol.